The third kappa shape index (κ3) is 3.55. The topological polar surface area (TPSA) is 52.3 Å². The molecule has 0 aliphatic heterocycles. The van der Waals surface area contributed by atoms with Gasteiger partial charge in [0.15, 0.2) is 0 Å². The third-order valence-electron chi connectivity index (χ3n) is 5.25. The van der Waals surface area contributed by atoms with Gasteiger partial charge < -0.3 is 10.5 Å². The van der Waals surface area contributed by atoms with Crippen LogP contribution in [0.5, 0.6) is 0 Å². The van der Waals surface area contributed by atoms with E-state index in [4.69, 9.17) is 10.5 Å². The van der Waals surface area contributed by atoms with E-state index in [1.807, 2.05) is 0 Å². The molecule has 116 valence electrons. The molecule has 3 nitrogen and oxygen atoms in total. The fourth-order valence-corrected chi connectivity index (χ4v) is 4.34. The Hall–Kier alpha value is -0.570. The Morgan fingerprint density at radius 2 is 1.85 bits per heavy atom. The minimum Gasteiger partial charge on any atom is -0.462 e. The largest absolute Gasteiger partial charge is 0.462 e. The van der Waals surface area contributed by atoms with Crippen molar-refractivity contribution in [2.75, 3.05) is 6.54 Å². The van der Waals surface area contributed by atoms with E-state index in [1.165, 1.54) is 12.8 Å². The molecule has 0 heterocycles. The number of esters is 1. The van der Waals surface area contributed by atoms with Gasteiger partial charge in [0.05, 0.1) is 5.41 Å². The summed E-state index contributed by atoms with van der Waals surface area (Å²) in [7, 11) is 0. The van der Waals surface area contributed by atoms with E-state index in [0.717, 1.165) is 38.5 Å². The van der Waals surface area contributed by atoms with Gasteiger partial charge >= 0.3 is 5.97 Å². The van der Waals surface area contributed by atoms with Crippen LogP contribution in [0.3, 0.4) is 0 Å². The van der Waals surface area contributed by atoms with Crippen LogP contribution < -0.4 is 5.73 Å². The van der Waals surface area contributed by atoms with Crippen molar-refractivity contribution in [1.82, 2.24) is 0 Å². The SMILES string of the molecule is CC1CC(OC(=O)C2(CN)CCCCC2)CC(C)(C)C1. The van der Waals surface area contributed by atoms with Crippen LogP contribution >= 0.6 is 0 Å². The second-order valence-corrected chi connectivity index (χ2v) is 7.99. The molecule has 2 N–H and O–H groups in total. The molecule has 2 fully saturated rings. The van der Waals surface area contributed by atoms with Crippen molar-refractivity contribution < 1.29 is 9.53 Å². The van der Waals surface area contributed by atoms with Crippen LogP contribution in [-0.4, -0.2) is 18.6 Å². The first-order valence-corrected chi connectivity index (χ1v) is 8.28. The van der Waals surface area contributed by atoms with E-state index in [9.17, 15) is 4.79 Å². The van der Waals surface area contributed by atoms with Crippen molar-refractivity contribution in [2.45, 2.75) is 78.2 Å². The molecule has 0 bridgehead atoms. The fraction of sp³-hybridized carbons (Fsp3) is 0.941. The van der Waals surface area contributed by atoms with E-state index in [1.54, 1.807) is 0 Å². The Morgan fingerprint density at radius 3 is 2.40 bits per heavy atom. The molecule has 2 aliphatic carbocycles. The number of carbonyl (C=O) groups is 1. The zero-order chi connectivity index (χ0) is 14.8. The second kappa shape index (κ2) is 6.05. The lowest BCUT2D eigenvalue weighted by Crippen LogP contribution is -2.44. The Morgan fingerprint density at radius 1 is 1.20 bits per heavy atom. The maximum Gasteiger partial charge on any atom is 0.313 e. The highest BCUT2D eigenvalue weighted by atomic mass is 16.5. The lowest BCUT2D eigenvalue weighted by atomic mass is 9.71. The van der Waals surface area contributed by atoms with Crippen LogP contribution in [0, 0.1) is 16.7 Å². The number of hydrogen-bond acceptors (Lipinski definition) is 3. The van der Waals surface area contributed by atoms with Gasteiger partial charge in [0.2, 0.25) is 0 Å². The van der Waals surface area contributed by atoms with Gasteiger partial charge in [-0.2, -0.15) is 0 Å². The van der Waals surface area contributed by atoms with Gasteiger partial charge in [-0.05, 0) is 43.4 Å². The zero-order valence-electron chi connectivity index (χ0n) is 13.4. The molecule has 2 aliphatic rings. The van der Waals surface area contributed by atoms with E-state index in [-0.39, 0.29) is 22.9 Å². The van der Waals surface area contributed by atoms with Gasteiger partial charge in [-0.15, -0.1) is 0 Å². The molecule has 0 amide bonds. The molecule has 2 atom stereocenters. The molecular formula is C17H31NO2. The summed E-state index contributed by atoms with van der Waals surface area (Å²) in [5.41, 5.74) is 5.82. The summed E-state index contributed by atoms with van der Waals surface area (Å²) in [5, 5.41) is 0. The van der Waals surface area contributed by atoms with Crippen molar-refractivity contribution in [3.05, 3.63) is 0 Å². The van der Waals surface area contributed by atoms with Crippen molar-refractivity contribution in [3.8, 4) is 0 Å². The molecule has 2 unspecified atom stereocenters. The molecule has 0 aromatic carbocycles. The summed E-state index contributed by atoms with van der Waals surface area (Å²) in [6.45, 7) is 7.27. The fourth-order valence-electron chi connectivity index (χ4n) is 4.34. The summed E-state index contributed by atoms with van der Waals surface area (Å²) in [5.74, 6) is 0.617. The van der Waals surface area contributed by atoms with Crippen molar-refractivity contribution in [3.63, 3.8) is 0 Å². The molecule has 20 heavy (non-hydrogen) atoms. The van der Waals surface area contributed by atoms with Crippen molar-refractivity contribution in [2.24, 2.45) is 22.5 Å². The molecule has 0 saturated heterocycles. The van der Waals surface area contributed by atoms with Gasteiger partial charge in [0.25, 0.3) is 0 Å². The number of hydrogen-bond donors (Lipinski definition) is 1. The molecule has 3 heteroatoms. The standard InChI is InChI=1S/C17H31NO2/c1-13-9-14(11-16(2,3)10-13)20-15(19)17(12-18)7-5-4-6-8-17/h13-14H,4-12,18H2,1-3H3. The number of ether oxygens (including phenoxy) is 1. The third-order valence-corrected chi connectivity index (χ3v) is 5.25. The Balaban J connectivity index is 1.99. The van der Waals surface area contributed by atoms with Gasteiger partial charge in [-0.3, -0.25) is 4.79 Å². The monoisotopic (exact) mass is 281 g/mol. The van der Waals surface area contributed by atoms with Gasteiger partial charge in [0, 0.05) is 6.54 Å². The number of rotatable bonds is 3. The van der Waals surface area contributed by atoms with Gasteiger partial charge in [0.1, 0.15) is 6.10 Å². The highest BCUT2D eigenvalue weighted by Crippen LogP contribution is 2.42. The van der Waals surface area contributed by atoms with Crippen molar-refractivity contribution >= 4 is 5.97 Å². The van der Waals surface area contributed by atoms with Crippen LogP contribution in [0.1, 0.15) is 72.1 Å². The first-order chi connectivity index (χ1) is 9.37. The van der Waals surface area contributed by atoms with E-state index in [0.29, 0.717) is 12.5 Å². The molecule has 2 rings (SSSR count). The van der Waals surface area contributed by atoms with E-state index < -0.39 is 0 Å². The summed E-state index contributed by atoms with van der Waals surface area (Å²) < 4.78 is 5.91. The van der Waals surface area contributed by atoms with Gasteiger partial charge in [-0.1, -0.05) is 40.0 Å². The van der Waals surface area contributed by atoms with Crippen LogP contribution in [-0.2, 0) is 9.53 Å². The Bertz CT molecular complexity index is 345. The van der Waals surface area contributed by atoms with Crippen LogP contribution in [0.25, 0.3) is 0 Å². The second-order valence-electron chi connectivity index (χ2n) is 7.99. The average Bonchev–Trinajstić information content (AvgIpc) is 2.37. The highest BCUT2D eigenvalue weighted by Gasteiger charge is 2.42. The van der Waals surface area contributed by atoms with Crippen LogP contribution in [0.4, 0.5) is 0 Å². The predicted molar refractivity (Wildman–Crippen MR) is 81.2 cm³/mol. The molecule has 0 aromatic rings. The van der Waals surface area contributed by atoms with E-state index in [2.05, 4.69) is 20.8 Å². The van der Waals surface area contributed by atoms with E-state index >= 15 is 0 Å². The first kappa shape index (κ1) is 15.8. The summed E-state index contributed by atoms with van der Waals surface area (Å²) in [6.07, 6.45) is 8.58. The molecular weight excluding hydrogens is 250 g/mol. The number of nitrogens with two attached hydrogens (primary N) is 1. The average molecular weight is 281 g/mol. The maximum atomic E-state index is 12.6. The Labute approximate surface area is 123 Å². The summed E-state index contributed by atoms with van der Waals surface area (Å²) in [4.78, 5) is 12.6. The quantitative estimate of drug-likeness (QED) is 0.803. The minimum atomic E-state index is -0.386. The molecule has 2 saturated carbocycles. The van der Waals surface area contributed by atoms with Gasteiger partial charge in [-0.25, -0.2) is 0 Å². The lowest BCUT2D eigenvalue weighted by molar-refractivity contribution is -0.167. The lowest BCUT2D eigenvalue weighted by Gasteiger charge is -2.41. The molecule has 0 aromatic heterocycles. The van der Waals surface area contributed by atoms with Crippen LogP contribution in [0.2, 0.25) is 0 Å². The maximum absolute atomic E-state index is 12.6. The zero-order valence-corrected chi connectivity index (χ0v) is 13.4. The summed E-state index contributed by atoms with van der Waals surface area (Å²) in [6, 6.07) is 0. The van der Waals surface area contributed by atoms with Crippen molar-refractivity contribution in [1.29, 1.82) is 0 Å². The number of carbonyl (C=O) groups excluding carboxylic acids is 1. The first-order valence-electron chi connectivity index (χ1n) is 8.28. The summed E-state index contributed by atoms with van der Waals surface area (Å²) >= 11 is 0. The van der Waals surface area contributed by atoms with Crippen LogP contribution in [0.15, 0.2) is 0 Å². The molecule has 0 spiro atoms. The highest BCUT2D eigenvalue weighted by molar-refractivity contribution is 5.77. The normalized spacial score (nSPS) is 32.6. The predicted octanol–water partition coefficient (Wildman–Crippen LogP) is 3.65. The Kier molecular flexibility index (Phi) is 4.78. The minimum absolute atomic E-state index is 0.0189. The smallest absolute Gasteiger partial charge is 0.313 e. The molecule has 0 radical (unpaired) electrons.